The van der Waals surface area contributed by atoms with Crippen LogP contribution in [0.4, 0.5) is 0 Å². The second-order valence-corrected chi connectivity index (χ2v) is 7.61. The molecule has 1 saturated heterocycles. The molecular formula is C13H17NO4S2. The summed E-state index contributed by atoms with van der Waals surface area (Å²) < 4.78 is 27.1. The standard InChI is InChI=1S/C13H17NO4S2/c15-13(16)8-10-3-5-12(6-4-10)20(17,18)14-11-2-1-7-19-9-11/h3-6,11,14H,1-2,7-9H2,(H,15,16). The van der Waals surface area contributed by atoms with Crippen LogP contribution in [0.25, 0.3) is 0 Å². The van der Waals surface area contributed by atoms with Crippen LogP contribution in [0.1, 0.15) is 18.4 Å². The Balaban J connectivity index is 2.06. The van der Waals surface area contributed by atoms with Crippen molar-refractivity contribution in [1.29, 1.82) is 0 Å². The van der Waals surface area contributed by atoms with Gasteiger partial charge in [0, 0.05) is 11.8 Å². The van der Waals surface area contributed by atoms with Gasteiger partial charge >= 0.3 is 5.97 Å². The van der Waals surface area contributed by atoms with E-state index < -0.39 is 16.0 Å². The normalized spacial score (nSPS) is 19.7. The molecule has 5 nitrogen and oxygen atoms in total. The minimum absolute atomic E-state index is 0.0163. The summed E-state index contributed by atoms with van der Waals surface area (Å²) >= 11 is 1.76. The molecule has 1 fully saturated rings. The van der Waals surface area contributed by atoms with Gasteiger partial charge in [-0.2, -0.15) is 11.8 Å². The lowest BCUT2D eigenvalue weighted by Crippen LogP contribution is -2.38. The van der Waals surface area contributed by atoms with Gasteiger partial charge in [-0.15, -0.1) is 0 Å². The molecular weight excluding hydrogens is 298 g/mol. The Hall–Kier alpha value is -1.05. The van der Waals surface area contributed by atoms with Gasteiger partial charge in [0.1, 0.15) is 0 Å². The Morgan fingerprint density at radius 3 is 2.60 bits per heavy atom. The lowest BCUT2D eigenvalue weighted by molar-refractivity contribution is -0.136. The summed E-state index contributed by atoms with van der Waals surface area (Å²) in [6.45, 7) is 0. The maximum Gasteiger partial charge on any atom is 0.307 e. The number of carboxylic acids is 1. The van der Waals surface area contributed by atoms with Gasteiger partial charge in [0.15, 0.2) is 0 Å². The summed E-state index contributed by atoms with van der Waals surface area (Å²) in [6, 6.07) is 5.97. The van der Waals surface area contributed by atoms with Crippen molar-refractivity contribution >= 4 is 27.8 Å². The van der Waals surface area contributed by atoms with Crippen molar-refractivity contribution in [1.82, 2.24) is 4.72 Å². The van der Waals surface area contributed by atoms with Gasteiger partial charge in [-0.1, -0.05) is 12.1 Å². The van der Waals surface area contributed by atoms with Crippen molar-refractivity contribution in [2.24, 2.45) is 0 Å². The topological polar surface area (TPSA) is 83.5 Å². The van der Waals surface area contributed by atoms with Crippen molar-refractivity contribution in [3.05, 3.63) is 29.8 Å². The van der Waals surface area contributed by atoms with Crippen molar-refractivity contribution in [3.63, 3.8) is 0 Å². The Labute approximate surface area is 122 Å². The van der Waals surface area contributed by atoms with E-state index in [0.29, 0.717) is 5.56 Å². The van der Waals surface area contributed by atoms with Crippen molar-refractivity contribution < 1.29 is 18.3 Å². The fraction of sp³-hybridized carbons (Fsp3) is 0.462. The maximum absolute atomic E-state index is 12.2. The smallest absolute Gasteiger partial charge is 0.307 e. The van der Waals surface area contributed by atoms with Gasteiger partial charge in [0.2, 0.25) is 10.0 Å². The molecule has 2 rings (SSSR count). The van der Waals surface area contributed by atoms with Crippen LogP contribution < -0.4 is 4.72 Å². The van der Waals surface area contributed by atoms with Crippen molar-refractivity contribution in [3.8, 4) is 0 Å². The lowest BCUT2D eigenvalue weighted by atomic mass is 10.2. The molecule has 0 radical (unpaired) electrons. The molecule has 1 aromatic carbocycles. The number of carbonyl (C=O) groups is 1. The molecule has 110 valence electrons. The van der Waals surface area contributed by atoms with Gasteiger partial charge < -0.3 is 5.11 Å². The average molecular weight is 315 g/mol. The highest BCUT2D eigenvalue weighted by atomic mass is 32.2. The number of thioether (sulfide) groups is 1. The first-order valence-corrected chi connectivity index (χ1v) is 9.02. The highest BCUT2D eigenvalue weighted by Gasteiger charge is 2.21. The van der Waals surface area contributed by atoms with E-state index in [4.69, 9.17) is 5.11 Å². The zero-order chi connectivity index (χ0) is 14.6. The van der Waals surface area contributed by atoms with Gasteiger partial charge in [0.25, 0.3) is 0 Å². The van der Waals surface area contributed by atoms with E-state index >= 15 is 0 Å². The third kappa shape index (κ3) is 4.22. The molecule has 7 heteroatoms. The number of hydrogen-bond acceptors (Lipinski definition) is 4. The number of hydrogen-bond donors (Lipinski definition) is 2. The summed E-state index contributed by atoms with van der Waals surface area (Å²) in [5.74, 6) is 0.955. The fourth-order valence-corrected chi connectivity index (χ4v) is 4.53. The molecule has 1 unspecified atom stereocenters. The van der Waals surface area contributed by atoms with Crippen LogP contribution in [0.15, 0.2) is 29.2 Å². The van der Waals surface area contributed by atoms with E-state index in [1.165, 1.54) is 24.3 Å². The number of benzene rings is 1. The predicted octanol–water partition coefficient (Wildman–Crippen LogP) is 1.49. The number of nitrogens with one attached hydrogen (secondary N) is 1. The lowest BCUT2D eigenvalue weighted by Gasteiger charge is -2.22. The van der Waals surface area contributed by atoms with Crippen LogP contribution in [0.2, 0.25) is 0 Å². The first-order valence-electron chi connectivity index (χ1n) is 6.38. The molecule has 2 N–H and O–H groups in total. The average Bonchev–Trinajstić information content (AvgIpc) is 2.39. The summed E-state index contributed by atoms with van der Waals surface area (Å²) in [4.78, 5) is 10.8. The van der Waals surface area contributed by atoms with Crippen LogP contribution in [0.5, 0.6) is 0 Å². The zero-order valence-corrected chi connectivity index (χ0v) is 12.5. The second-order valence-electron chi connectivity index (χ2n) is 4.75. The molecule has 1 aromatic rings. The van der Waals surface area contributed by atoms with Crippen LogP contribution in [-0.4, -0.2) is 37.0 Å². The molecule has 0 amide bonds. The van der Waals surface area contributed by atoms with Crippen molar-refractivity contribution in [2.45, 2.75) is 30.2 Å². The number of aliphatic carboxylic acids is 1. The molecule has 0 aliphatic carbocycles. The molecule has 1 atom stereocenters. The van der Waals surface area contributed by atoms with Crippen LogP contribution in [-0.2, 0) is 21.2 Å². The molecule has 0 aromatic heterocycles. The molecule has 1 aliphatic heterocycles. The van der Waals surface area contributed by atoms with Crippen LogP contribution >= 0.6 is 11.8 Å². The summed E-state index contributed by atoms with van der Waals surface area (Å²) in [6.07, 6.45) is 1.78. The number of rotatable bonds is 5. The van der Waals surface area contributed by atoms with Gasteiger partial charge in [-0.25, -0.2) is 13.1 Å². The molecule has 0 spiro atoms. The van der Waals surface area contributed by atoms with Crippen molar-refractivity contribution in [2.75, 3.05) is 11.5 Å². The largest absolute Gasteiger partial charge is 0.481 e. The third-order valence-electron chi connectivity index (χ3n) is 3.07. The van der Waals surface area contributed by atoms with Crippen LogP contribution in [0.3, 0.4) is 0 Å². The summed E-state index contributed by atoms with van der Waals surface area (Å²) in [5.41, 5.74) is 0.588. The van der Waals surface area contributed by atoms with Gasteiger partial charge in [0.05, 0.1) is 11.3 Å². The monoisotopic (exact) mass is 315 g/mol. The molecule has 1 aliphatic rings. The minimum Gasteiger partial charge on any atom is -0.481 e. The fourth-order valence-electron chi connectivity index (χ4n) is 2.08. The Bertz CT molecular complexity index is 563. The van der Waals surface area contributed by atoms with Crippen LogP contribution in [0, 0.1) is 0 Å². The molecule has 0 saturated carbocycles. The third-order valence-corrected chi connectivity index (χ3v) is 5.82. The number of carboxylic acid groups (broad SMARTS) is 1. The predicted molar refractivity (Wildman–Crippen MR) is 78.5 cm³/mol. The first-order chi connectivity index (χ1) is 9.47. The SMILES string of the molecule is O=C(O)Cc1ccc(S(=O)(=O)NC2CCCSC2)cc1. The Morgan fingerprint density at radius 2 is 2.05 bits per heavy atom. The first kappa shape index (κ1) is 15.3. The van der Waals surface area contributed by atoms with E-state index in [9.17, 15) is 13.2 Å². The Morgan fingerprint density at radius 1 is 1.35 bits per heavy atom. The highest BCUT2D eigenvalue weighted by molar-refractivity contribution is 7.99. The maximum atomic E-state index is 12.2. The Kier molecular flexibility index (Phi) is 5.06. The van der Waals surface area contributed by atoms with Gasteiger partial charge in [-0.3, -0.25) is 4.79 Å². The highest BCUT2D eigenvalue weighted by Crippen LogP contribution is 2.19. The summed E-state index contributed by atoms with van der Waals surface area (Å²) in [7, 11) is -3.52. The zero-order valence-electron chi connectivity index (χ0n) is 10.9. The van der Waals surface area contributed by atoms with E-state index in [-0.39, 0.29) is 17.4 Å². The van der Waals surface area contributed by atoms with E-state index in [0.717, 1.165) is 24.3 Å². The van der Waals surface area contributed by atoms with Gasteiger partial charge in [-0.05, 0) is 36.3 Å². The van der Waals surface area contributed by atoms with E-state index in [1.54, 1.807) is 11.8 Å². The molecule has 1 heterocycles. The van der Waals surface area contributed by atoms with E-state index in [2.05, 4.69) is 4.72 Å². The minimum atomic E-state index is -3.52. The molecule has 20 heavy (non-hydrogen) atoms. The summed E-state index contributed by atoms with van der Waals surface area (Å²) in [5, 5.41) is 8.68. The molecule has 0 bridgehead atoms. The number of sulfonamides is 1. The van der Waals surface area contributed by atoms with E-state index in [1.807, 2.05) is 0 Å². The second kappa shape index (κ2) is 6.60. The quantitative estimate of drug-likeness (QED) is 0.860.